The maximum absolute atomic E-state index is 2.35. The van der Waals surface area contributed by atoms with Crippen LogP contribution in [0.25, 0.3) is 51.5 Å². The first-order valence-corrected chi connectivity index (χ1v) is 10.9. The van der Waals surface area contributed by atoms with E-state index in [4.69, 9.17) is 0 Å². The van der Waals surface area contributed by atoms with E-state index in [0.29, 0.717) is 0 Å². The van der Waals surface area contributed by atoms with E-state index in [1.54, 1.807) is 0 Å². The number of thiophene rings is 2. The lowest BCUT2D eigenvalue weighted by Gasteiger charge is -2.07. The van der Waals surface area contributed by atoms with Gasteiger partial charge < -0.3 is 0 Å². The molecule has 2 heteroatoms. The van der Waals surface area contributed by atoms with Gasteiger partial charge in [0.15, 0.2) is 0 Å². The van der Waals surface area contributed by atoms with Gasteiger partial charge >= 0.3 is 0 Å². The second-order valence-corrected chi connectivity index (χ2v) is 9.49. The van der Waals surface area contributed by atoms with Gasteiger partial charge in [-0.1, -0.05) is 48.5 Å². The second kappa shape index (κ2) is 4.98. The molecule has 0 atom stereocenters. The molecule has 2 aromatic heterocycles. The minimum Gasteiger partial charge on any atom is -0.135 e. The van der Waals surface area contributed by atoms with Crippen LogP contribution in [0.1, 0.15) is 11.1 Å². The van der Waals surface area contributed by atoms with E-state index in [1.165, 1.54) is 62.6 Å². The molecule has 0 saturated carbocycles. The van der Waals surface area contributed by atoms with Gasteiger partial charge in [-0.3, -0.25) is 0 Å². The van der Waals surface area contributed by atoms with Crippen LogP contribution in [0.4, 0.5) is 0 Å². The maximum Gasteiger partial charge on any atom is 0.0361 e. The number of benzene rings is 4. The number of hydrogen-bond acceptors (Lipinski definition) is 2. The Morgan fingerprint density at radius 1 is 0.481 bits per heavy atom. The molecule has 0 bridgehead atoms. The Morgan fingerprint density at radius 3 is 1.48 bits per heavy atom. The van der Waals surface area contributed by atoms with Gasteiger partial charge in [-0.15, -0.1) is 22.7 Å². The molecule has 0 unspecified atom stereocenters. The average molecular weight is 379 g/mol. The molecule has 0 nitrogen and oxygen atoms in total. The van der Waals surface area contributed by atoms with Gasteiger partial charge in [0.1, 0.15) is 0 Å². The van der Waals surface area contributed by atoms with Crippen molar-refractivity contribution in [3.8, 4) is 11.1 Å². The quantitative estimate of drug-likeness (QED) is 0.251. The lowest BCUT2D eigenvalue weighted by atomic mass is 9.95. The highest BCUT2D eigenvalue weighted by Gasteiger charge is 2.26. The molecule has 27 heavy (non-hydrogen) atoms. The van der Waals surface area contributed by atoms with E-state index in [-0.39, 0.29) is 0 Å². The zero-order valence-corrected chi connectivity index (χ0v) is 16.1. The highest BCUT2D eigenvalue weighted by molar-refractivity contribution is 7.26. The van der Waals surface area contributed by atoms with Crippen molar-refractivity contribution in [1.29, 1.82) is 0 Å². The molecule has 0 amide bonds. The van der Waals surface area contributed by atoms with Crippen LogP contribution < -0.4 is 0 Å². The molecule has 1 aliphatic carbocycles. The van der Waals surface area contributed by atoms with Gasteiger partial charge in [-0.2, -0.15) is 0 Å². The highest BCUT2D eigenvalue weighted by atomic mass is 32.1. The Bertz CT molecular complexity index is 1430. The van der Waals surface area contributed by atoms with E-state index in [9.17, 15) is 0 Å². The summed E-state index contributed by atoms with van der Waals surface area (Å²) in [6.07, 6.45) is 1.05. The van der Waals surface area contributed by atoms with Crippen molar-refractivity contribution in [3.63, 3.8) is 0 Å². The summed E-state index contributed by atoms with van der Waals surface area (Å²) < 4.78 is 5.58. The average Bonchev–Trinajstić information content (AvgIpc) is 3.37. The van der Waals surface area contributed by atoms with Crippen LogP contribution in [-0.4, -0.2) is 0 Å². The molecule has 2 heterocycles. The third kappa shape index (κ3) is 1.77. The summed E-state index contributed by atoms with van der Waals surface area (Å²) >= 11 is 3.83. The van der Waals surface area contributed by atoms with Crippen LogP contribution in [-0.2, 0) is 6.42 Å². The fourth-order valence-electron chi connectivity index (χ4n) is 4.79. The summed E-state index contributed by atoms with van der Waals surface area (Å²) in [5, 5.41) is 5.71. The number of rotatable bonds is 0. The first-order chi connectivity index (χ1) is 13.4. The minimum absolute atomic E-state index is 1.05. The summed E-state index contributed by atoms with van der Waals surface area (Å²) in [5.74, 6) is 0. The van der Waals surface area contributed by atoms with Crippen LogP contribution >= 0.6 is 22.7 Å². The molecular weight excluding hydrogens is 364 g/mol. The van der Waals surface area contributed by atoms with E-state index in [2.05, 4.69) is 72.8 Å². The van der Waals surface area contributed by atoms with Crippen molar-refractivity contribution in [2.75, 3.05) is 0 Å². The predicted octanol–water partition coefficient (Wildman–Crippen LogP) is 7.99. The smallest absolute Gasteiger partial charge is 0.0361 e. The normalized spacial score (nSPS) is 13.0. The molecule has 0 aliphatic heterocycles. The van der Waals surface area contributed by atoms with E-state index < -0.39 is 0 Å². The Labute approximate surface area is 164 Å². The van der Waals surface area contributed by atoms with E-state index >= 15 is 0 Å². The molecular formula is C25H14S2. The first-order valence-electron chi connectivity index (χ1n) is 9.25. The van der Waals surface area contributed by atoms with Gasteiger partial charge in [0.25, 0.3) is 0 Å². The van der Waals surface area contributed by atoms with Crippen LogP contribution in [0, 0.1) is 0 Å². The zero-order valence-electron chi connectivity index (χ0n) is 14.5. The predicted molar refractivity (Wildman–Crippen MR) is 120 cm³/mol. The van der Waals surface area contributed by atoms with Gasteiger partial charge in [-0.25, -0.2) is 0 Å². The van der Waals surface area contributed by atoms with Crippen molar-refractivity contribution < 1.29 is 0 Å². The van der Waals surface area contributed by atoms with Crippen molar-refractivity contribution in [1.82, 2.24) is 0 Å². The number of hydrogen-bond donors (Lipinski definition) is 0. The largest absolute Gasteiger partial charge is 0.135 e. The van der Waals surface area contributed by atoms with Gasteiger partial charge in [0.05, 0.1) is 0 Å². The van der Waals surface area contributed by atoms with Crippen LogP contribution in [0.2, 0.25) is 0 Å². The lowest BCUT2D eigenvalue weighted by molar-refractivity contribution is 1.27. The molecule has 0 fully saturated rings. The zero-order chi connectivity index (χ0) is 17.5. The molecule has 6 aromatic rings. The lowest BCUT2D eigenvalue weighted by Crippen LogP contribution is -1.81. The van der Waals surface area contributed by atoms with Crippen molar-refractivity contribution >= 4 is 63.0 Å². The van der Waals surface area contributed by atoms with Crippen LogP contribution in [0.3, 0.4) is 0 Å². The van der Waals surface area contributed by atoms with Crippen LogP contribution in [0.5, 0.6) is 0 Å². The first kappa shape index (κ1) is 14.4. The Morgan fingerprint density at radius 2 is 0.963 bits per heavy atom. The van der Waals surface area contributed by atoms with Crippen molar-refractivity contribution in [3.05, 3.63) is 83.9 Å². The number of fused-ring (bicyclic) bond motifs is 11. The standard InChI is InChI=1S/C25H14S2/c1-3-7-18-16(5-1)24-20(26-18)11-9-14-13-15-10-12-21-25(23(15)22(14)24)17-6-2-4-8-19(17)27-21/h1-12H,13H2. The highest BCUT2D eigenvalue weighted by Crippen LogP contribution is 2.51. The fourth-order valence-corrected chi connectivity index (χ4v) is 7.02. The van der Waals surface area contributed by atoms with Crippen molar-refractivity contribution in [2.24, 2.45) is 0 Å². The third-order valence-corrected chi connectivity index (χ3v) is 8.16. The minimum atomic E-state index is 1.05. The maximum atomic E-state index is 2.35. The van der Waals surface area contributed by atoms with E-state index in [1.807, 2.05) is 22.7 Å². The van der Waals surface area contributed by atoms with Gasteiger partial charge in [-0.05, 0) is 52.9 Å². The summed E-state index contributed by atoms with van der Waals surface area (Å²) in [7, 11) is 0. The SMILES string of the molecule is c1ccc2c(c1)sc1ccc3c(c12)-c1c(ccc2sc4ccccc4c12)C3. The molecule has 1 aliphatic rings. The van der Waals surface area contributed by atoms with Crippen molar-refractivity contribution in [2.45, 2.75) is 6.42 Å². The summed E-state index contributed by atoms with van der Waals surface area (Å²) in [5.41, 5.74) is 5.91. The summed E-state index contributed by atoms with van der Waals surface area (Å²) in [6, 6.07) is 27.1. The molecule has 4 aromatic carbocycles. The van der Waals surface area contributed by atoms with E-state index in [0.717, 1.165) is 6.42 Å². The van der Waals surface area contributed by atoms with Crippen LogP contribution in [0.15, 0.2) is 72.8 Å². The molecule has 0 radical (unpaired) electrons. The topological polar surface area (TPSA) is 0 Å². The third-order valence-electron chi connectivity index (χ3n) is 5.89. The van der Waals surface area contributed by atoms with Gasteiger partial charge in [0.2, 0.25) is 0 Å². The molecule has 7 rings (SSSR count). The monoisotopic (exact) mass is 378 g/mol. The Kier molecular flexibility index (Phi) is 2.65. The molecule has 0 saturated heterocycles. The summed E-state index contributed by atoms with van der Waals surface area (Å²) in [6.45, 7) is 0. The second-order valence-electron chi connectivity index (χ2n) is 7.32. The fraction of sp³-hybridized carbons (Fsp3) is 0.0400. The Hall–Kier alpha value is -2.68. The molecule has 126 valence electrons. The molecule has 0 N–H and O–H groups in total. The summed E-state index contributed by atoms with van der Waals surface area (Å²) in [4.78, 5) is 0. The Balaban J connectivity index is 1.75. The molecule has 0 spiro atoms. The van der Waals surface area contributed by atoms with Gasteiger partial charge in [0, 0.05) is 40.3 Å².